The van der Waals surface area contributed by atoms with Crippen LogP contribution in [0.4, 0.5) is 0 Å². The molecule has 0 aliphatic rings. The minimum atomic E-state index is -0.0790. The maximum atomic E-state index is 13.7. The van der Waals surface area contributed by atoms with Crippen molar-refractivity contribution in [3.63, 3.8) is 0 Å². The number of hydrogen-bond acceptors (Lipinski definition) is 3. The number of rotatable bonds is 9. The number of aromatic nitrogens is 1. The summed E-state index contributed by atoms with van der Waals surface area (Å²) >= 11 is 0. The summed E-state index contributed by atoms with van der Waals surface area (Å²) in [5, 5.41) is 0. The zero-order valence-corrected chi connectivity index (χ0v) is 19.9. The highest BCUT2D eigenvalue weighted by Crippen LogP contribution is 2.25. The van der Waals surface area contributed by atoms with Crippen molar-refractivity contribution in [3.05, 3.63) is 119 Å². The molecule has 34 heavy (non-hydrogen) atoms. The van der Waals surface area contributed by atoms with Crippen LogP contribution < -0.4 is 9.47 Å². The summed E-state index contributed by atoms with van der Waals surface area (Å²) in [6, 6.07) is 27.8. The van der Waals surface area contributed by atoms with Gasteiger partial charge in [-0.15, -0.1) is 0 Å². The molecule has 0 saturated heterocycles. The Morgan fingerprint density at radius 1 is 0.824 bits per heavy atom. The van der Waals surface area contributed by atoms with Gasteiger partial charge in [-0.05, 0) is 47.9 Å². The number of aryl methyl sites for hydroxylation is 1. The van der Waals surface area contributed by atoms with Gasteiger partial charge in [0.25, 0.3) is 5.91 Å². The molecule has 0 spiro atoms. The van der Waals surface area contributed by atoms with E-state index in [1.165, 1.54) is 11.1 Å². The second-order valence-corrected chi connectivity index (χ2v) is 8.30. The van der Waals surface area contributed by atoms with E-state index in [-0.39, 0.29) is 5.91 Å². The summed E-state index contributed by atoms with van der Waals surface area (Å²) in [5.74, 6) is 1.10. The van der Waals surface area contributed by atoms with Crippen LogP contribution in [0.3, 0.4) is 0 Å². The van der Waals surface area contributed by atoms with Crippen molar-refractivity contribution in [2.75, 3.05) is 14.2 Å². The minimum Gasteiger partial charge on any atom is -0.497 e. The topological polar surface area (TPSA) is 43.7 Å². The predicted molar refractivity (Wildman–Crippen MR) is 134 cm³/mol. The molecule has 1 heterocycles. The van der Waals surface area contributed by atoms with Crippen molar-refractivity contribution in [2.45, 2.75) is 26.6 Å². The van der Waals surface area contributed by atoms with Crippen LogP contribution in [0.2, 0.25) is 0 Å². The largest absolute Gasteiger partial charge is 0.497 e. The first kappa shape index (κ1) is 23.2. The lowest BCUT2D eigenvalue weighted by molar-refractivity contribution is 0.0725. The van der Waals surface area contributed by atoms with Gasteiger partial charge in [0, 0.05) is 36.6 Å². The van der Waals surface area contributed by atoms with Gasteiger partial charge in [0.2, 0.25) is 0 Å². The molecular weight excluding hydrogens is 424 g/mol. The summed E-state index contributed by atoms with van der Waals surface area (Å²) in [5.41, 5.74) is 5.19. The number of carbonyl (C=O) groups is 1. The molecule has 4 aromatic rings. The van der Waals surface area contributed by atoms with Gasteiger partial charge in [0.1, 0.15) is 11.5 Å². The van der Waals surface area contributed by atoms with Gasteiger partial charge in [-0.3, -0.25) is 4.79 Å². The van der Waals surface area contributed by atoms with Crippen LogP contribution in [0.1, 0.15) is 32.7 Å². The van der Waals surface area contributed by atoms with Crippen LogP contribution in [0.15, 0.2) is 91.1 Å². The fourth-order valence-corrected chi connectivity index (χ4v) is 4.03. The normalized spacial score (nSPS) is 10.7. The molecule has 3 aromatic carbocycles. The second-order valence-electron chi connectivity index (χ2n) is 8.30. The first-order chi connectivity index (χ1) is 16.6. The summed E-state index contributed by atoms with van der Waals surface area (Å²) in [4.78, 5) is 15.6. The predicted octanol–water partition coefficient (Wildman–Crippen LogP) is 5.70. The van der Waals surface area contributed by atoms with Crippen molar-refractivity contribution in [3.8, 4) is 11.5 Å². The molecule has 0 unspecified atom stereocenters. The molecule has 0 radical (unpaired) electrons. The van der Waals surface area contributed by atoms with Gasteiger partial charge < -0.3 is 18.9 Å². The molecule has 0 fully saturated rings. The lowest BCUT2D eigenvalue weighted by atomic mass is 10.1. The quantitative estimate of drug-likeness (QED) is 0.326. The molecule has 174 valence electrons. The monoisotopic (exact) mass is 454 g/mol. The average molecular weight is 455 g/mol. The Morgan fingerprint density at radius 3 is 2.18 bits per heavy atom. The molecule has 1 amide bonds. The number of nitrogens with zero attached hydrogens (tertiary/aromatic N) is 2. The van der Waals surface area contributed by atoms with Crippen LogP contribution in [-0.2, 0) is 19.6 Å². The Kier molecular flexibility index (Phi) is 7.33. The van der Waals surface area contributed by atoms with Crippen LogP contribution >= 0.6 is 0 Å². The second kappa shape index (κ2) is 10.8. The fourth-order valence-electron chi connectivity index (χ4n) is 4.03. The van der Waals surface area contributed by atoms with E-state index in [1.807, 2.05) is 41.3 Å². The highest BCUT2D eigenvalue weighted by molar-refractivity contribution is 5.95. The van der Waals surface area contributed by atoms with E-state index in [0.717, 1.165) is 17.8 Å². The Labute approximate surface area is 201 Å². The Hall–Kier alpha value is -3.99. The van der Waals surface area contributed by atoms with Crippen LogP contribution in [0.5, 0.6) is 11.5 Å². The Bertz CT molecular complexity index is 1220. The third-order valence-electron chi connectivity index (χ3n) is 5.98. The molecule has 0 N–H and O–H groups in total. The van der Waals surface area contributed by atoms with E-state index in [0.29, 0.717) is 30.2 Å². The van der Waals surface area contributed by atoms with E-state index in [1.54, 1.807) is 32.4 Å². The standard InChI is InChI=1S/C29H30N2O3/c1-22-10-7-8-13-24(22)20-30-15-9-14-26(30)21-31(19-23-11-5-4-6-12-23)29(32)25-16-27(33-2)18-28(17-25)34-3/h4-18H,19-21H2,1-3H3. The van der Waals surface area contributed by atoms with Crippen LogP contribution in [-0.4, -0.2) is 29.6 Å². The van der Waals surface area contributed by atoms with E-state index in [2.05, 4.69) is 48.0 Å². The summed E-state index contributed by atoms with van der Waals surface area (Å²) in [7, 11) is 3.17. The Balaban J connectivity index is 1.65. The third kappa shape index (κ3) is 5.49. The van der Waals surface area contributed by atoms with E-state index >= 15 is 0 Å². The minimum absolute atomic E-state index is 0.0790. The molecule has 0 atom stereocenters. The number of amides is 1. The van der Waals surface area contributed by atoms with Crippen molar-refractivity contribution in [1.82, 2.24) is 9.47 Å². The maximum absolute atomic E-state index is 13.7. The number of benzene rings is 3. The fraction of sp³-hybridized carbons (Fsp3) is 0.207. The van der Waals surface area contributed by atoms with Gasteiger partial charge in [0.15, 0.2) is 0 Å². The zero-order valence-electron chi connectivity index (χ0n) is 19.9. The van der Waals surface area contributed by atoms with Crippen molar-refractivity contribution >= 4 is 5.91 Å². The number of hydrogen-bond donors (Lipinski definition) is 0. The van der Waals surface area contributed by atoms with Gasteiger partial charge in [-0.2, -0.15) is 0 Å². The number of methoxy groups -OCH3 is 2. The van der Waals surface area contributed by atoms with Crippen LogP contribution in [0, 0.1) is 6.92 Å². The average Bonchev–Trinajstić information content (AvgIpc) is 3.31. The van der Waals surface area contributed by atoms with Crippen molar-refractivity contribution < 1.29 is 14.3 Å². The van der Waals surface area contributed by atoms with Gasteiger partial charge in [-0.25, -0.2) is 0 Å². The lowest BCUT2D eigenvalue weighted by Gasteiger charge is -2.24. The zero-order chi connectivity index (χ0) is 23.9. The molecule has 5 heteroatoms. The highest BCUT2D eigenvalue weighted by Gasteiger charge is 2.20. The number of ether oxygens (including phenoxy) is 2. The summed E-state index contributed by atoms with van der Waals surface area (Å²) < 4.78 is 13.0. The first-order valence-corrected chi connectivity index (χ1v) is 11.3. The number of carbonyl (C=O) groups excluding carboxylic acids is 1. The van der Waals surface area contributed by atoms with Gasteiger partial charge in [0.05, 0.1) is 20.8 Å². The molecule has 0 saturated carbocycles. The van der Waals surface area contributed by atoms with Crippen LogP contribution in [0.25, 0.3) is 0 Å². The Morgan fingerprint density at radius 2 is 1.50 bits per heavy atom. The lowest BCUT2D eigenvalue weighted by Crippen LogP contribution is -2.31. The molecule has 1 aromatic heterocycles. The van der Waals surface area contributed by atoms with E-state index in [9.17, 15) is 4.79 Å². The maximum Gasteiger partial charge on any atom is 0.254 e. The van der Waals surface area contributed by atoms with Crippen molar-refractivity contribution in [1.29, 1.82) is 0 Å². The smallest absolute Gasteiger partial charge is 0.254 e. The molecule has 0 bridgehead atoms. The SMILES string of the molecule is COc1cc(OC)cc(C(=O)N(Cc2ccccc2)Cc2cccn2Cc2ccccc2C)c1. The van der Waals surface area contributed by atoms with E-state index < -0.39 is 0 Å². The van der Waals surface area contributed by atoms with Crippen molar-refractivity contribution in [2.24, 2.45) is 0 Å². The third-order valence-corrected chi connectivity index (χ3v) is 5.98. The summed E-state index contributed by atoms with van der Waals surface area (Å²) in [6.45, 7) is 3.86. The molecular formula is C29H30N2O3. The first-order valence-electron chi connectivity index (χ1n) is 11.3. The van der Waals surface area contributed by atoms with Gasteiger partial charge >= 0.3 is 0 Å². The molecule has 4 rings (SSSR count). The van der Waals surface area contributed by atoms with E-state index in [4.69, 9.17) is 9.47 Å². The molecule has 0 aliphatic heterocycles. The highest BCUT2D eigenvalue weighted by atomic mass is 16.5. The summed E-state index contributed by atoms with van der Waals surface area (Å²) in [6.07, 6.45) is 2.07. The van der Waals surface area contributed by atoms with Gasteiger partial charge in [-0.1, -0.05) is 54.6 Å². The molecule has 5 nitrogen and oxygen atoms in total. The molecule has 0 aliphatic carbocycles.